The number of nitrogens with one attached hydrogen (secondary N) is 3. The number of aliphatic imine (C=N–C) groups is 1. The van der Waals surface area contributed by atoms with E-state index in [4.69, 9.17) is 0 Å². The average molecular weight is 614 g/mol. The highest BCUT2D eigenvalue weighted by atomic mass is 32.2. The van der Waals surface area contributed by atoms with Crippen LogP contribution in [0.4, 0.5) is 39.8 Å². The highest BCUT2D eigenvalue weighted by molar-refractivity contribution is 8.15. The van der Waals surface area contributed by atoms with Crippen LogP contribution in [0.25, 0.3) is 0 Å². The Morgan fingerprint density at radius 2 is 1.65 bits per heavy atom. The van der Waals surface area contributed by atoms with Crippen molar-refractivity contribution in [1.29, 1.82) is 0 Å². The third-order valence-electron chi connectivity index (χ3n) is 6.26. The Hall–Kier alpha value is -4.52. The number of anilines is 3. The molecule has 9 nitrogen and oxygen atoms in total. The highest BCUT2D eigenvalue weighted by Gasteiger charge is 2.33. The van der Waals surface area contributed by atoms with Crippen LogP contribution < -0.4 is 25.6 Å². The first kappa shape index (κ1) is 31.4. The van der Waals surface area contributed by atoms with Gasteiger partial charge in [0.25, 0.3) is 0 Å². The Bertz CT molecular complexity index is 1510. The minimum absolute atomic E-state index is 0.135. The summed E-state index contributed by atoms with van der Waals surface area (Å²) >= 11 is 1.21. The average Bonchev–Trinajstić information content (AvgIpc) is 3.29. The SMILES string of the molecule is Cc1ccc(C(C)C)c(N2C(=O)CS/C2=N\C(=O)Nc2ccc(CCNC(=O)Nc3ccc(OC(F)(F)F)cc3)cc2)c1. The molecule has 1 saturated heterocycles. The lowest BCUT2D eigenvalue weighted by Crippen LogP contribution is -2.31. The summed E-state index contributed by atoms with van der Waals surface area (Å²) in [5.74, 6) is -0.150. The molecule has 0 aromatic heterocycles. The lowest BCUT2D eigenvalue weighted by Gasteiger charge is -2.22. The number of benzene rings is 3. The highest BCUT2D eigenvalue weighted by Crippen LogP contribution is 2.34. The fourth-order valence-corrected chi connectivity index (χ4v) is 5.10. The lowest BCUT2D eigenvalue weighted by atomic mass is 9.99. The van der Waals surface area contributed by atoms with E-state index in [0.717, 1.165) is 34.5 Å². The van der Waals surface area contributed by atoms with Crippen LogP contribution in [-0.2, 0) is 11.2 Å². The fraction of sp³-hybridized carbons (Fsp3) is 0.267. The van der Waals surface area contributed by atoms with Crippen molar-refractivity contribution in [2.45, 2.75) is 39.5 Å². The molecule has 1 aliphatic rings. The van der Waals surface area contributed by atoms with Crippen LogP contribution in [-0.4, -0.2) is 41.8 Å². The summed E-state index contributed by atoms with van der Waals surface area (Å²) in [7, 11) is 0. The molecular formula is C30H30F3N5O4S. The van der Waals surface area contributed by atoms with Crippen molar-refractivity contribution in [3.05, 3.63) is 83.4 Å². The predicted octanol–water partition coefficient (Wildman–Crippen LogP) is 7.05. The van der Waals surface area contributed by atoms with Gasteiger partial charge in [0.05, 0.1) is 11.4 Å². The molecule has 0 spiro atoms. The number of ether oxygens (including phenoxy) is 1. The van der Waals surface area contributed by atoms with Crippen LogP contribution in [0.2, 0.25) is 0 Å². The second-order valence-electron chi connectivity index (χ2n) is 9.96. The second kappa shape index (κ2) is 13.6. The van der Waals surface area contributed by atoms with Crippen molar-refractivity contribution in [3.63, 3.8) is 0 Å². The fourth-order valence-electron chi connectivity index (χ4n) is 4.25. The van der Waals surface area contributed by atoms with E-state index >= 15 is 0 Å². The van der Waals surface area contributed by atoms with Gasteiger partial charge in [-0.1, -0.05) is 49.9 Å². The van der Waals surface area contributed by atoms with Crippen LogP contribution in [0.5, 0.6) is 5.75 Å². The summed E-state index contributed by atoms with van der Waals surface area (Å²) in [6.45, 7) is 6.33. The third kappa shape index (κ3) is 8.98. The number of thioether (sulfide) groups is 1. The van der Waals surface area contributed by atoms with Gasteiger partial charge < -0.3 is 20.7 Å². The molecule has 3 aromatic rings. The molecule has 0 unspecified atom stereocenters. The van der Waals surface area contributed by atoms with Crippen molar-refractivity contribution in [2.24, 2.45) is 4.99 Å². The molecule has 0 saturated carbocycles. The standard InChI is InChI=1S/C30H30F3N5O4S/c1-18(2)24-13-4-19(3)16-25(24)38-26(39)17-43-29(38)37-28(41)36-21-7-5-20(6-8-21)14-15-34-27(40)35-22-9-11-23(12-10-22)42-30(31,32)33/h4-13,16,18H,14-15,17H2,1-3H3,(H,36,41)(H2,34,35,40)/b37-29-. The van der Waals surface area contributed by atoms with Crippen molar-refractivity contribution < 1.29 is 32.3 Å². The maximum Gasteiger partial charge on any atom is 0.573 e. The summed E-state index contributed by atoms with van der Waals surface area (Å²) in [5.41, 5.74) is 4.43. The minimum Gasteiger partial charge on any atom is -0.406 e. The molecular weight excluding hydrogens is 583 g/mol. The summed E-state index contributed by atoms with van der Waals surface area (Å²) in [6, 6.07) is 16.6. The Labute approximate surface area is 250 Å². The monoisotopic (exact) mass is 613 g/mol. The Kier molecular flexibility index (Phi) is 9.96. The number of nitrogens with zero attached hydrogens (tertiary/aromatic N) is 2. The number of carbonyl (C=O) groups excluding carboxylic acids is 3. The predicted molar refractivity (Wildman–Crippen MR) is 162 cm³/mol. The number of hydrogen-bond donors (Lipinski definition) is 3. The number of amides is 5. The topological polar surface area (TPSA) is 112 Å². The summed E-state index contributed by atoms with van der Waals surface area (Å²) in [4.78, 5) is 43.3. The van der Waals surface area contributed by atoms with Crippen molar-refractivity contribution in [2.75, 3.05) is 27.8 Å². The number of amidine groups is 1. The lowest BCUT2D eigenvalue weighted by molar-refractivity contribution is -0.274. The maximum atomic E-state index is 12.7. The van der Waals surface area contributed by atoms with Crippen LogP contribution in [0.3, 0.4) is 0 Å². The van der Waals surface area contributed by atoms with Gasteiger partial charge in [-0.2, -0.15) is 4.99 Å². The van der Waals surface area contributed by atoms with Gasteiger partial charge in [0.1, 0.15) is 5.75 Å². The molecule has 4 rings (SSSR count). The number of aryl methyl sites for hydroxylation is 1. The number of rotatable bonds is 8. The van der Waals surface area contributed by atoms with Crippen LogP contribution in [0.1, 0.15) is 36.5 Å². The van der Waals surface area contributed by atoms with Gasteiger partial charge in [-0.05, 0) is 78.4 Å². The molecule has 1 fully saturated rings. The molecule has 1 aliphatic heterocycles. The van der Waals surface area contributed by atoms with Crippen LogP contribution in [0.15, 0.2) is 71.7 Å². The van der Waals surface area contributed by atoms with E-state index in [1.807, 2.05) is 39.0 Å². The molecule has 5 amide bonds. The maximum absolute atomic E-state index is 12.7. The molecule has 0 atom stereocenters. The minimum atomic E-state index is -4.79. The molecule has 0 bridgehead atoms. The van der Waals surface area contributed by atoms with Gasteiger partial charge in [0, 0.05) is 17.9 Å². The van der Waals surface area contributed by atoms with E-state index in [9.17, 15) is 27.6 Å². The van der Waals surface area contributed by atoms with E-state index < -0.39 is 18.4 Å². The number of urea groups is 2. The molecule has 0 aliphatic carbocycles. The number of hydrogen-bond acceptors (Lipinski definition) is 5. The van der Waals surface area contributed by atoms with E-state index in [1.165, 1.54) is 28.8 Å². The van der Waals surface area contributed by atoms with Gasteiger partial charge >= 0.3 is 18.4 Å². The number of halogens is 3. The smallest absolute Gasteiger partial charge is 0.406 e. The van der Waals surface area contributed by atoms with Crippen molar-refractivity contribution in [1.82, 2.24) is 5.32 Å². The second-order valence-corrected chi connectivity index (χ2v) is 10.9. The molecule has 13 heteroatoms. The normalized spacial score (nSPS) is 14.3. The third-order valence-corrected chi connectivity index (χ3v) is 7.19. The van der Waals surface area contributed by atoms with Gasteiger partial charge in [-0.3, -0.25) is 9.69 Å². The van der Waals surface area contributed by atoms with Gasteiger partial charge in [-0.25, -0.2) is 9.59 Å². The molecule has 3 N–H and O–H groups in total. The molecule has 3 aromatic carbocycles. The number of carbonyl (C=O) groups is 3. The van der Waals surface area contributed by atoms with Gasteiger partial charge in [0.15, 0.2) is 5.17 Å². The first-order chi connectivity index (χ1) is 20.4. The molecule has 1 heterocycles. The molecule has 0 radical (unpaired) electrons. The van der Waals surface area contributed by atoms with E-state index in [1.54, 1.807) is 24.3 Å². The first-order valence-corrected chi connectivity index (χ1v) is 14.3. The first-order valence-electron chi connectivity index (χ1n) is 13.3. The quantitative estimate of drug-likeness (QED) is 0.252. The molecule has 226 valence electrons. The zero-order valence-corrected chi connectivity index (χ0v) is 24.4. The largest absolute Gasteiger partial charge is 0.573 e. The van der Waals surface area contributed by atoms with Crippen molar-refractivity contribution >= 4 is 52.0 Å². The number of alkyl halides is 3. The summed E-state index contributed by atoms with van der Waals surface area (Å²) < 4.78 is 40.6. The van der Waals surface area contributed by atoms with E-state index in [0.29, 0.717) is 29.5 Å². The van der Waals surface area contributed by atoms with E-state index in [2.05, 4.69) is 25.7 Å². The Morgan fingerprint density at radius 1 is 1.00 bits per heavy atom. The van der Waals surface area contributed by atoms with Crippen LogP contribution in [0, 0.1) is 6.92 Å². The summed E-state index contributed by atoms with van der Waals surface area (Å²) in [6.07, 6.45) is -4.30. The van der Waals surface area contributed by atoms with Crippen molar-refractivity contribution in [3.8, 4) is 5.75 Å². The zero-order chi connectivity index (χ0) is 31.1. The Balaban J connectivity index is 1.28. The van der Waals surface area contributed by atoms with Crippen LogP contribution >= 0.6 is 11.8 Å². The Morgan fingerprint density at radius 3 is 2.30 bits per heavy atom. The van der Waals surface area contributed by atoms with Gasteiger partial charge in [-0.15, -0.1) is 13.2 Å². The van der Waals surface area contributed by atoms with E-state index in [-0.39, 0.29) is 23.3 Å². The zero-order valence-electron chi connectivity index (χ0n) is 23.6. The van der Waals surface area contributed by atoms with Gasteiger partial charge in [0.2, 0.25) is 5.91 Å². The summed E-state index contributed by atoms with van der Waals surface area (Å²) in [5, 5.41) is 8.25. The molecule has 43 heavy (non-hydrogen) atoms.